The van der Waals surface area contributed by atoms with Crippen molar-refractivity contribution in [3.05, 3.63) is 32.5 Å². The van der Waals surface area contributed by atoms with Crippen LogP contribution in [0.3, 0.4) is 0 Å². The largest absolute Gasteiger partial charge is 0.494 e. The Balaban J connectivity index is 2.56. The van der Waals surface area contributed by atoms with E-state index in [1.807, 2.05) is 0 Å². The van der Waals surface area contributed by atoms with Gasteiger partial charge in [0.05, 0.1) is 16.7 Å². The van der Waals surface area contributed by atoms with Crippen molar-refractivity contribution in [1.29, 1.82) is 0 Å². The first-order valence-corrected chi connectivity index (χ1v) is 7.79. The summed E-state index contributed by atoms with van der Waals surface area (Å²) in [6, 6.07) is 0. The van der Waals surface area contributed by atoms with Gasteiger partial charge in [0.25, 0.3) is 0 Å². The summed E-state index contributed by atoms with van der Waals surface area (Å²) >= 11 is 2.25. The molecule has 2 rings (SSSR count). The van der Waals surface area contributed by atoms with Crippen molar-refractivity contribution >= 4 is 28.6 Å². The van der Waals surface area contributed by atoms with Crippen molar-refractivity contribution in [3.63, 3.8) is 0 Å². The molecule has 3 N–H and O–H groups in total. The summed E-state index contributed by atoms with van der Waals surface area (Å²) in [5.41, 5.74) is 0. The molecule has 2 aromatic rings. The highest BCUT2D eigenvalue weighted by molar-refractivity contribution is 7.09. The molecule has 2 aromatic heterocycles. The van der Waals surface area contributed by atoms with Gasteiger partial charge in [-0.3, -0.25) is 13.9 Å². The SMILES string of the molecule is C=CCn1c(O)c(CC(=O)O)sc1=N/N=c1\scc(O)n1C. The first-order chi connectivity index (χ1) is 10.4. The lowest BCUT2D eigenvalue weighted by molar-refractivity contribution is -0.136. The van der Waals surface area contributed by atoms with E-state index in [9.17, 15) is 15.0 Å². The molecule has 0 unspecified atom stereocenters. The first-order valence-electron chi connectivity index (χ1n) is 6.09. The second-order valence-corrected chi connectivity index (χ2v) is 6.14. The predicted octanol–water partition coefficient (Wildman–Crippen LogP) is 0.591. The molecule has 0 aliphatic heterocycles. The lowest BCUT2D eigenvalue weighted by Crippen LogP contribution is -2.15. The second kappa shape index (κ2) is 6.62. The van der Waals surface area contributed by atoms with Crippen molar-refractivity contribution in [3.8, 4) is 11.8 Å². The summed E-state index contributed by atoms with van der Waals surface area (Å²) in [5, 5.41) is 38.0. The summed E-state index contributed by atoms with van der Waals surface area (Å²) in [5.74, 6) is -1.13. The lowest BCUT2D eigenvalue weighted by Gasteiger charge is -1.99. The van der Waals surface area contributed by atoms with E-state index >= 15 is 0 Å². The van der Waals surface area contributed by atoms with E-state index in [1.165, 1.54) is 25.9 Å². The molecule has 0 aliphatic rings. The molecule has 8 nitrogen and oxygen atoms in total. The Bertz CT molecular complexity index is 840. The molecule has 0 saturated carbocycles. The number of carboxylic acid groups (broad SMARTS) is 1. The monoisotopic (exact) mass is 342 g/mol. The van der Waals surface area contributed by atoms with Gasteiger partial charge in [0.1, 0.15) is 0 Å². The van der Waals surface area contributed by atoms with Gasteiger partial charge in [0.15, 0.2) is 0 Å². The Labute approximate surface area is 132 Å². The van der Waals surface area contributed by atoms with Crippen molar-refractivity contribution in [1.82, 2.24) is 9.13 Å². The van der Waals surface area contributed by atoms with Crippen LogP contribution in [0.15, 0.2) is 28.2 Å². The third-order valence-electron chi connectivity index (χ3n) is 2.70. The summed E-state index contributed by atoms with van der Waals surface area (Å²) in [6.45, 7) is 3.87. The summed E-state index contributed by atoms with van der Waals surface area (Å²) < 4.78 is 2.88. The predicted molar refractivity (Wildman–Crippen MR) is 81.6 cm³/mol. The lowest BCUT2D eigenvalue weighted by atomic mass is 10.4. The molecule has 0 saturated heterocycles. The number of allylic oxidation sites excluding steroid dienone is 1. The van der Waals surface area contributed by atoms with Crippen LogP contribution < -0.4 is 9.60 Å². The highest BCUT2D eigenvalue weighted by Gasteiger charge is 2.14. The number of rotatable bonds is 5. The molecule has 0 aromatic carbocycles. The van der Waals surface area contributed by atoms with E-state index in [0.29, 0.717) is 14.5 Å². The van der Waals surface area contributed by atoms with Crippen LogP contribution in [-0.4, -0.2) is 30.4 Å². The molecule has 22 heavy (non-hydrogen) atoms. The van der Waals surface area contributed by atoms with Crippen LogP contribution in [-0.2, 0) is 24.8 Å². The van der Waals surface area contributed by atoms with Crippen LogP contribution in [0.1, 0.15) is 4.88 Å². The topological polar surface area (TPSA) is 112 Å². The normalized spacial score (nSPS) is 12.8. The van der Waals surface area contributed by atoms with Crippen molar-refractivity contribution in [2.75, 3.05) is 0 Å². The Kier molecular flexibility index (Phi) is 4.83. The van der Waals surface area contributed by atoms with Gasteiger partial charge in [-0.15, -0.1) is 16.8 Å². The van der Waals surface area contributed by atoms with Gasteiger partial charge >= 0.3 is 5.97 Å². The van der Waals surface area contributed by atoms with Crippen LogP contribution in [0.4, 0.5) is 0 Å². The molecule has 0 spiro atoms. The van der Waals surface area contributed by atoms with Gasteiger partial charge in [0, 0.05) is 13.6 Å². The third-order valence-corrected chi connectivity index (χ3v) is 4.65. The molecule has 0 radical (unpaired) electrons. The van der Waals surface area contributed by atoms with E-state index in [-0.39, 0.29) is 24.7 Å². The zero-order valence-corrected chi connectivity index (χ0v) is 13.3. The molecule has 0 fully saturated rings. The van der Waals surface area contributed by atoms with E-state index < -0.39 is 5.97 Å². The highest BCUT2D eigenvalue weighted by Crippen LogP contribution is 2.20. The third kappa shape index (κ3) is 3.28. The van der Waals surface area contributed by atoms with E-state index in [1.54, 1.807) is 13.1 Å². The van der Waals surface area contributed by atoms with E-state index in [4.69, 9.17) is 5.11 Å². The summed E-state index contributed by atoms with van der Waals surface area (Å²) in [7, 11) is 1.64. The molecule has 118 valence electrons. The number of thiazole rings is 2. The zero-order chi connectivity index (χ0) is 16.3. The Morgan fingerprint density at radius 2 is 2.09 bits per heavy atom. The number of nitrogens with zero attached hydrogens (tertiary/aromatic N) is 4. The van der Waals surface area contributed by atoms with Gasteiger partial charge in [-0.1, -0.05) is 28.7 Å². The average molecular weight is 342 g/mol. The Hall–Kier alpha value is -2.33. The fourth-order valence-electron chi connectivity index (χ4n) is 1.61. The van der Waals surface area contributed by atoms with Crippen LogP contribution in [0.25, 0.3) is 0 Å². The van der Waals surface area contributed by atoms with Gasteiger partial charge in [-0.25, -0.2) is 0 Å². The molecule has 0 aliphatic carbocycles. The summed E-state index contributed by atoms with van der Waals surface area (Å²) in [4.78, 5) is 11.9. The maximum atomic E-state index is 10.8. The minimum absolute atomic E-state index is 0.0681. The smallest absolute Gasteiger partial charge is 0.308 e. The first kappa shape index (κ1) is 16.0. The number of aliphatic carboxylic acids is 1. The maximum absolute atomic E-state index is 10.8. The molecule has 10 heteroatoms. The summed E-state index contributed by atoms with van der Waals surface area (Å²) in [6.07, 6.45) is 1.27. The quantitative estimate of drug-likeness (QED) is 0.545. The van der Waals surface area contributed by atoms with Crippen molar-refractivity contribution in [2.45, 2.75) is 13.0 Å². The molecule has 0 amide bonds. The number of aromatic nitrogens is 2. The zero-order valence-electron chi connectivity index (χ0n) is 11.6. The number of carboxylic acids is 1. The van der Waals surface area contributed by atoms with Crippen LogP contribution in [0.5, 0.6) is 11.8 Å². The van der Waals surface area contributed by atoms with Crippen LogP contribution >= 0.6 is 22.7 Å². The average Bonchev–Trinajstić information content (AvgIpc) is 2.92. The van der Waals surface area contributed by atoms with Crippen LogP contribution in [0, 0.1) is 0 Å². The minimum atomic E-state index is -1.04. The van der Waals surface area contributed by atoms with Gasteiger partial charge in [-0.05, 0) is 0 Å². The number of hydrogen-bond acceptors (Lipinski definition) is 7. The highest BCUT2D eigenvalue weighted by atomic mass is 32.1. The van der Waals surface area contributed by atoms with Gasteiger partial charge in [-0.2, -0.15) is 0 Å². The van der Waals surface area contributed by atoms with Crippen LogP contribution in [0.2, 0.25) is 0 Å². The number of hydrogen-bond donors (Lipinski definition) is 3. The minimum Gasteiger partial charge on any atom is -0.494 e. The van der Waals surface area contributed by atoms with E-state index in [0.717, 1.165) is 11.3 Å². The van der Waals surface area contributed by atoms with E-state index in [2.05, 4.69) is 16.8 Å². The van der Waals surface area contributed by atoms with Gasteiger partial charge < -0.3 is 15.3 Å². The molecule has 2 heterocycles. The molecule has 0 bridgehead atoms. The molecular formula is C12H14N4O4S2. The fraction of sp³-hybridized carbons (Fsp3) is 0.250. The van der Waals surface area contributed by atoms with Crippen molar-refractivity contribution in [2.24, 2.45) is 17.3 Å². The van der Waals surface area contributed by atoms with Gasteiger partial charge in [0.2, 0.25) is 21.4 Å². The standard InChI is InChI=1S/C12H14N4O4S2/c1-3-4-16-10(20)7(5-9(18)19)22-12(16)14-13-11-15(2)8(17)6-21-11/h3,6,17,20H,1,4-5H2,2H3,(H,18,19)/b13-11-,14-12?. The molecular weight excluding hydrogens is 328 g/mol. The maximum Gasteiger partial charge on any atom is 0.308 e. The number of aromatic hydroxyl groups is 2. The Morgan fingerprint density at radius 1 is 1.41 bits per heavy atom. The molecule has 0 atom stereocenters. The Morgan fingerprint density at radius 3 is 2.64 bits per heavy atom. The fourth-order valence-corrected chi connectivity index (χ4v) is 3.29. The van der Waals surface area contributed by atoms with Crippen molar-refractivity contribution < 1.29 is 20.1 Å². The number of carbonyl (C=O) groups is 1. The second-order valence-electron chi connectivity index (χ2n) is 4.24.